The normalized spacial score (nSPS) is 32.9. The van der Waals surface area contributed by atoms with Gasteiger partial charge in [0.25, 0.3) is 0 Å². The zero-order valence-electron chi connectivity index (χ0n) is 9.28. The molecule has 3 unspecified atom stereocenters. The average molecular weight is 254 g/mol. The molecule has 94 valence electrons. The summed E-state index contributed by atoms with van der Waals surface area (Å²) in [6.07, 6.45) is 2.60. The summed E-state index contributed by atoms with van der Waals surface area (Å²) < 4.78 is 35.3. The van der Waals surface area contributed by atoms with Crippen LogP contribution in [-0.4, -0.2) is 44.9 Å². The summed E-state index contributed by atoms with van der Waals surface area (Å²) >= 11 is 0. The van der Waals surface area contributed by atoms with Crippen molar-refractivity contribution in [3.05, 3.63) is 12.2 Å². The van der Waals surface area contributed by atoms with Crippen LogP contribution < -0.4 is 0 Å². The summed E-state index contributed by atoms with van der Waals surface area (Å²) in [6.45, 7) is -0.276. The lowest BCUT2D eigenvalue weighted by atomic mass is 10.3. The summed E-state index contributed by atoms with van der Waals surface area (Å²) in [5.41, 5.74) is 0. The first kappa shape index (κ1) is 13.8. The predicted molar refractivity (Wildman–Crippen MR) is 53.5 cm³/mol. The molecular weight excluding hydrogens is 239 g/mol. The number of ether oxygens (including phenoxy) is 3. The number of hydrogen-bond donors (Lipinski definition) is 1. The third-order valence-corrected chi connectivity index (χ3v) is 2.98. The molecule has 1 heterocycles. The van der Waals surface area contributed by atoms with Crippen LogP contribution in [0.15, 0.2) is 12.2 Å². The Kier molecular flexibility index (Phi) is 4.63. The molecule has 0 aliphatic carbocycles. The van der Waals surface area contributed by atoms with Crippen LogP contribution in [0.5, 0.6) is 0 Å². The maximum absolute atomic E-state index is 11.1. The van der Waals surface area contributed by atoms with Crippen LogP contribution in [0.25, 0.3) is 0 Å². The molecule has 0 fully saturated rings. The highest BCUT2D eigenvalue weighted by atomic mass is 31.2. The number of phosphoric acid groups is 1. The van der Waals surface area contributed by atoms with Gasteiger partial charge in [-0.2, -0.15) is 0 Å². The topological polar surface area (TPSA) is 83.5 Å². The Morgan fingerprint density at radius 2 is 2.19 bits per heavy atom. The molecule has 1 aliphatic rings. The van der Waals surface area contributed by atoms with Gasteiger partial charge >= 0.3 is 7.82 Å². The van der Waals surface area contributed by atoms with Crippen molar-refractivity contribution < 1.29 is 32.7 Å². The lowest BCUT2D eigenvalue weighted by Crippen LogP contribution is -2.37. The third-order valence-electron chi connectivity index (χ3n) is 2.06. The second kappa shape index (κ2) is 5.37. The molecule has 0 bridgehead atoms. The summed E-state index contributed by atoms with van der Waals surface area (Å²) in [7, 11) is -0.116. The van der Waals surface area contributed by atoms with Gasteiger partial charge in [0.15, 0.2) is 6.29 Å². The van der Waals surface area contributed by atoms with Gasteiger partial charge in [-0.05, 0) is 12.2 Å². The Bertz CT molecular complexity index is 305. The molecule has 8 heteroatoms. The molecule has 0 aromatic heterocycles. The lowest BCUT2D eigenvalue weighted by molar-refractivity contribution is -0.253. The molecule has 0 spiro atoms. The number of hydrogen-bond acceptors (Lipinski definition) is 6. The first-order valence-corrected chi connectivity index (χ1v) is 5.95. The first-order chi connectivity index (χ1) is 7.47. The van der Waals surface area contributed by atoms with Crippen LogP contribution in [0.4, 0.5) is 0 Å². The van der Waals surface area contributed by atoms with Gasteiger partial charge in [-0.15, -0.1) is 0 Å². The maximum atomic E-state index is 11.1. The van der Waals surface area contributed by atoms with Crippen LogP contribution in [0, 0.1) is 0 Å². The van der Waals surface area contributed by atoms with Crippen molar-refractivity contribution in [2.24, 2.45) is 0 Å². The standard InChI is InChI=1S/C8H15O7P/c1-11-7-4-5-8(12-2,15-7)6-14-16(9,10)13-3/h4-5,7H,6H2,1-3H3,(H,9,10). The summed E-state index contributed by atoms with van der Waals surface area (Å²) in [5, 5.41) is 0. The number of methoxy groups -OCH3 is 2. The molecule has 1 N–H and O–H groups in total. The largest absolute Gasteiger partial charge is 0.472 e. The van der Waals surface area contributed by atoms with E-state index in [1.54, 1.807) is 12.2 Å². The fourth-order valence-corrected chi connectivity index (χ4v) is 1.56. The minimum absolute atomic E-state index is 0.276. The maximum Gasteiger partial charge on any atom is 0.472 e. The van der Waals surface area contributed by atoms with E-state index in [1.165, 1.54) is 14.2 Å². The van der Waals surface area contributed by atoms with E-state index in [-0.39, 0.29) is 6.61 Å². The fraction of sp³-hybridized carbons (Fsp3) is 0.750. The van der Waals surface area contributed by atoms with Gasteiger partial charge < -0.3 is 19.1 Å². The molecule has 0 aromatic carbocycles. The molecule has 0 radical (unpaired) electrons. The van der Waals surface area contributed by atoms with Gasteiger partial charge in [0.05, 0.1) is 0 Å². The summed E-state index contributed by atoms with van der Waals surface area (Å²) in [5.74, 6) is -1.22. The SMILES string of the molecule is COC1C=CC(COP(=O)(O)OC)(OC)O1. The molecule has 3 atom stereocenters. The van der Waals surface area contributed by atoms with Crippen molar-refractivity contribution in [3.8, 4) is 0 Å². The highest BCUT2D eigenvalue weighted by molar-refractivity contribution is 7.47. The molecule has 0 amide bonds. The molecule has 1 rings (SSSR count). The van der Waals surface area contributed by atoms with Crippen molar-refractivity contribution in [3.63, 3.8) is 0 Å². The van der Waals surface area contributed by atoms with Crippen molar-refractivity contribution in [2.45, 2.75) is 12.1 Å². The van der Waals surface area contributed by atoms with Gasteiger partial charge in [-0.1, -0.05) is 0 Å². The van der Waals surface area contributed by atoms with E-state index in [0.29, 0.717) is 0 Å². The van der Waals surface area contributed by atoms with Crippen LogP contribution >= 0.6 is 7.82 Å². The minimum Gasteiger partial charge on any atom is -0.352 e. The van der Waals surface area contributed by atoms with Crippen LogP contribution in [0.1, 0.15) is 0 Å². The summed E-state index contributed by atoms with van der Waals surface area (Å²) in [6, 6.07) is 0. The molecular formula is C8H15O7P. The average Bonchev–Trinajstić information content (AvgIpc) is 2.71. The van der Waals surface area contributed by atoms with E-state index in [0.717, 1.165) is 7.11 Å². The Morgan fingerprint density at radius 1 is 1.50 bits per heavy atom. The van der Waals surface area contributed by atoms with Crippen molar-refractivity contribution >= 4 is 7.82 Å². The third kappa shape index (κ3) is 3.36. The number of rotatable bonds is 6. The molecule has 0 aromatic rings. The van der Waals surface area contributed by atoms with E-state index in [1.807, 2.05) is 0 Å². The second-order valence-electron chi connectivity index (χ2n) is 3.02. The monoisotopic (exact) mass is 254 g/mol. The van der Waals surface area contributed by atoms with Crippen molar-refractivity contribution in [1.82, 2.24) is 0 Å². The first-order valence-electron chi connectivity index (χ1n) is 4.45. The van der Waals surface area contributed by atoms with Gasteiger partial charge in [0.1, 0.15) is 6.61 Å². The molecule has 16 heavy (non-hydrogen) atoms. The molecule has 7 nitrogen and oxygen atoms in total. The van der Waals surface area contributed by atoms with Gasteiger partial charge in [0, 0.05) is 21.3 Å². The van der Waals surface area contributed by atoms with Gasteiger partial charge in [-0.3, -0.25) is 9.05 Å². The van der Waals surface area contributed by atoms with E-state index in [4.69, 9.17) is 19.1 Å². The summed E-state index contributed by atoms with van der Waals surface area (Å²) in [4.78, 5) is 9.06. The fourth-order valence-electron chi connectivity index (χ4n) is 1.11. The molecule has 0 saturated carbocycles. The predicted octanol–water partition coefficient (Wildman–Crippen LogP) is 0.651. The minimum atomic E-state index is -4.04. The second-order valence-corrected chi connectivity index (χ2v) is 4.58. The highest BCUT2D eigenvalue weighted by Gasteiger charge is 2.38. The van der Waals surface area contributed by atoms with E-state index < -0.39 is 19.9 Å². The Morgan fingerprint density at radius 3 is 2.62 bits per heavy atom. The smallest absolute Gasteiger partial charge is 0.352 e. The molecule has 1 aliphatic heterocycles. The van der Waals surface area contributed by atoms with Crippen molar-refractivity contribution in [1.29, 1.82) is 0 Å². The van der Waals surface area contributed by atoms with Crippen LogP contribution in [0.2, 0.25) is 0 Å². The lowest BCUT2D eigenvalue weighted by Gasteiger charge is -2.26. The molecule has 0 saturated heterocycles. The van der Waals surface area contributed by atoms with Crippen molar-refractivity contribution in [2.75, 3.05) is 27.9 Å². The van der Waals surface area contributed by atoms with Gasteiger partial charge in [0.2, 0.25) is 5.79 Å². The van der Waals surface area contributed by atoms with Crippen LogP contribution in [0.3, 0.4) is 0 Å². The van der Waals surface area contributed by atoms with E-state index in [2.05, 4.69) is 9.05 Å². The zero-order chi connectivity index (χ0) is 12.2. The zero-order valence-corrected chi connectivity index (χ0v) is 10.2. The Balaban J connectivity index is 2.57. The quantitative estimate of drug-likeness (QED) is 0.550. The number of phosphoric ester groups is 1. The Labute approximate surface area is 93.5 Å². The van der Waals surface area contributed by atoms with E-state index in [9.17, 15) is 4.57 Å². The van der Waals surface area contributed by atoms with Gasteiger partial charge in [-0.25, -0.2) is 4.57 Å². The Hall–Kier alpha value is -0.270. The van der Waals surface area contributed by atoms with Crippen LogP contribution in [-0.2, 0) is 27.8 Å². The highest BCUT2D eigenvalue weighted by Crippen LogP contribution is 2.43. The van der Waals surface area contributed by atoms with E-state index >= 15 is 0 Å².